The fourth-order valence-corrected chi connectivity index (χ4v) is 2.63. The summed E-state index contributed by atoms with van der Waals surface area (Å²) in [5.41, 5.74) is -0.162. The molecule has 4 heteroatoms. The number of hydrogen-bond acceptors (Lipinski definition) is 4. The third-order valence-electron chi connectivity index (χ3n) is 4.15. The lowest BCUT2D eigenvalue weighted by Gasteiger charge is -1.99. The summed E-state index contributed by atoms with van der Waals surface area (Å²) in [6, 6.07) is 0. The van der Waals surface area contributed by atoms with Gasteiger partial charge in [-0.3, -0.25) is 4.79 Å². The Bertz CT molecular complexity index is 552. The molecule has 0 aromatic carbocycles. The summed E-state index contributed by atoms with van der Waals surface area (Å²) in [4.78, 5) is 23.2. The molecule has 0 saturated carbocycles. The number of cyclic esters (lactones) is 1. The van der Waals surface area contributed by atoms with Crippen LogP contribution in [0.3, 0.4) is 0 Å². The van der Waals surface area contributed by atoms with Crippen LogP contribution in [-0.4, -0.2) is 23.5 Å². The van der Waals surface area contributed by atoms with E-state index < -0.39 is 5.97 Å². The minimum Gasteiger partial charge on any atom is -0.508 e. The van der Waals surface area contributed by atoms with E-state index in [2.05, 4.69) is 48.1 Å². The SMILES string of the molecule is CCCCC/C=C\C/C=C\C/C=C\CCCCC(=O)C1=C(O)COC1=O. The number of allylic oxidation sites excluding steroid dienone is 6. The Labute approximate surface area is 157 Å². The first-order valence-electron chi connectivity index (χ1n) is 9.74. The molecular weight excluding hydrogens is 328 g/mol. The molecular formula is C22H32O4. The molecule has 0 atom stereocenters. The number of aliphatic hydroxyl groups is 1. The third kappa shape index (κ3) is 9.40. The van der Waals surface area contributed by atoms with Crippen molar-refractivity contribution in [1.29, 1.82) is 0 Å². The van der Waals surface area contributed by atoms with Gasteiger partial charge in [-0.1, -0.05) is 56.2 Å². The number of rotatable bonds is 14. The van der Waals surface area contributed by atoms with E-state index in [4.69, 9.17) is 0 Å². The molecule has 0 aromatic rings. The zero-order valence-electron chi connectivity index (χ0n) is 15.9. The molecule has 0 bridgehead atoms. The number of esters is 1. The number of unbranched alkanes of at least 4 members (excludes halogenated alkanes) is 5. The van der Waals surface area contributed by atoms with Crippen molar-refractivity contribution in [2.45, 2.75) is 71.1 Å². The molecule has 4 nitrogen and oxygen atoms in total. The van der Waals surface area contributed by atoms with Gasteiger partial charge in [0.2, 0.25) is 0 Å². The van der Waals surface area contributed by atoms with Crippen LogP contribution < -0.4 is 0 Å². The van der Waals surface area contributed by atoms with Crippen LogP contribution in [0.15, 0.2) is 47.8 Å². The van der Waals surface area contributed by atoms with Gasteiger partial charge in [-0.25, -0.2) is 4.79 Å². The van der Waals surface area contributed by atoms with Crippen molar-refractivity contribution < 1.29 is 19.4 Å². The van der Waals surface area contributed by atoms with Crippen LogP contribution in [0.25, 0.3) is 0 Å². The van der Waals surface area contributed by atoms with E-state index in [-0.39, 0.29) is 30.1 Å². The van der Waals surface area contributed by atoms with Gasteiger partial charge < -0.3 is 9.84 Å². The molecule has 0 radical (unpaired) electrons. The first-order chi connectivity index (χ1) is 12.7. The molecule has 144 valence electrons. The molecule has 1 heterocycles. The lowest BCUT2D eigenvalue weighted by molar-refractivity contribution is -0.137. The maximum absolute atomic E-state index is 11.8. The van der Waals surface area contributed by atoms with Gasteiger partial charge in [-0.05, 0) is 44.9 Å². The van der Waals surface area contributed by atoms with Gasteiger partial charge in [0.25, 0.3) is 0 Å². The van der Waals surface area contributed by atoms with Crippen LogP contribution in [0.2, 0.25) is 0 Å². The highest BCUT2D eigenvalue weighted by Crippen LogP contribution is 2.17. The van der Waals surface area contributed by atoms with Gasteiger partial charge in [0, 0.05) is 6.42 Å². The molecule has 26 heavy (non-hydrogen) atoms. The van der Waals surface area contributed by atoms with E-state index in [0.29, 0.717) is 6.42 Å². The second-order valence-corrected chi connectivity index (χ2v) is 6.45. The van der Waals surface area contributed by atoms with E-state index in [1.807, 2.05) is 0 Å². The number of ether oxygens (including phenoxy) is 1. The maximum Gasteiger partial charge on any atom is 0.345 e. The van der Waals surface area contributed by atoms with Crippen molar-refractivity contribution in [3.8, 4) is 0 Å². The van der Waals surface area contributed by atoms with Gasteiger partial charge in [0.15, 0.2) is 5.78 Å². The summed E-state index contributed by atoms with van der Waals surface area (Å²) < 4.78 is 4.62. The van der Waals surface area contributed by atoms with E-state index in [9.17, 15) is 14.7 Å². The molecule has 0 aromatic heterocycles. The summed E-state index contributed by atoms with van der Waals surface area (Å²) in [5, 5.41) is 9.45. The van der Waals surface area contributed by atoms with E-state index in [1.165, 1.54) is 25.7 Å². The largest absolute Gasteiger partial charge is 0.508 e. The smallest absolute Gasteiger partial charge is 0.345 e. The standard InChI is InChI=1S/C22H32O4/c1-2-3-4-5-6-7-8-9-10-11-12-13-14-15-16-17-19(23)21-20(24)18-26-22(21)25/h6-7,9-10,12-13,24H,2-5,8,11,14-18H2,1H3/b7-6-,10-9-,13-12-. The lowest BCUT2D eigenvalue weighted by Crippen LogP contribution is -2.10. The Morgan fingerprint density at radius 2 is 1.54 bits per heavy atom. The van der Waals surface area contributed by atoms with E-state index in [1.54, 1.807) is 0 Å². The lowest BCUT2D eigenvalue weighted by atomic mass is 10.0. The van der Waals surface area contributed by atoms with E-state index >= 15 is 0 Å². The Morgan fingerprint density at radius 1 is 0.962 bits per heavy atom. The molecule has 0 amide bonds. The molecule has 1 rings (SSSR count). The Kier molecular flexibility index (Phi) is 11.9. The number of Topliss-reactive ketones (excluding diaryl/α,β-unsaturated/α-hetero) is 1. The molecule has 0 spiro atoms. The highest BCUT2D eigenvalue weighted by molar-refractivity contribution is 6.18. The van der Waals surface area contributed by atoms with Crippen LogP contribution in [0.1, 0.15) is 71.1 Å². The minimum absolute atomic E-state index is 0.162. The highest BCUT2D eigenvalue weighted by Gasteiger charge is 2.29. The maximum atomic E-state index is 11.8. The topological polar surface area (TPSA) is 63.6 Å². The van der Waals surface area contributed by atoms with Crippen molar-refractivity contribution in [1.82, 2.24) is 0 Å². The summed E-state index contributed by atoms with van der Waals surface area (Å²) in [7, 11) is 0. The summed E-state index contributed by atoms with van der Waals surface area (Å²) in [6.07, 6.45) is 22.8. The van der Waals surface area contributed by atoms with Gasteiger partial charge in [-0.2, -0.15) is 0 Å². The molecule has 0 fully saturated rings. The van der Waals surface area contributed by atoms with Gasteiger partial charge in [-0.15, -0.1) is 0 Å². The fraction of sp³-hybridized carbons (Fsp3) is 0.545. The van der Waals surface area contributed by atoms with Gasteiger partial charge in [0.1, 0.15) is 17.9 Å². The zero-order chi connectivity index (χ0) is 19.0. The quantitative estimate of drug-likeness (QED) is 0.192. The van der Waals surface area contributed by atoms with Crippen LogP contribution in [0.5, 0.6) is 0 Å². The molecule has 1 aliphatic rings. The predicted molar refractivity (Wildman–Crippen MR) is 105 cm³/mol. The second-order valence-electron chi connectivity index (χ2n) is 6.45. The van der Waals surface area contributed by atoms with Crippen LogP contribution in [0.4, 0.5) is 0 Å². The second kappa shape index (κ2) is 14.1. The number of carbonyl (C=O) groups is 2. The molecule has 1 N–H and O–H groups in total. The summed E-state index contributed by atoms with van der Waals surface area (Å²) in [6.45, 7) is 2.04. The molecule has 0 aliphatic carbocycles. The number of hydrogen-bond donors (Lipinski definition) is 1. The Morgan fingerprint density at radius 3 is 2.08 bits per heavy atom. The number of carbonyl (C=O) groups excluding carboxylic acids is 2. The van der Waals surface area contributed by atoms with Gasteiger partial charge in [0.05, 0.1) is 0 Å². The van der Waals surface area contributed by atoms with Crippen LogP contribution >= 0.6 is 0 Å². The first kappa shape index (κ1) is 21.9. The normalized spacial score (nSPS) is 15.0. The van der Waals surface area contributed by atoms with E-state index in [0.717, 1.165) is 25.7 Å². The summed E-state index contributed by atoms with van der Waals surface area (Å²) in [5.74, 6) is -1.25. The first-order valence-corrected chi connectivity index (χ1v) is 9.74. The molecule has 1 aliphatic heterocycles. The van der Waals surface area contributed by atoms with Crippen LogP contribution in [0, 0.1) is 0 Å². The van der Waals surface area contributed by atoms with Crippen molar-refractivity contribution in [2.24, 2.45) is 0 Å². The van der Waals surface area contributed by atoms with Crippen molar-refractivity contribution in [2.75, 3.05) is 6.61 Å². The summed E-state index contributed by atoms with van der Waals surface area (Å²) >= 11 is 0. The number of aliphatic hydroxyl groups excluding tert-OH is 1. The van der Waals surface area contributed by atoms with Gasteiger partial charge >= 0.3 is 5.97 Å². The van der Waals surface area contributed by atoms with Crippen molar-refractivity contribution >= 4 is 11.8 Å². The fourth-order valence-electron chi connectivity index (χ4n) is 2.63. The highest BCUT2D eigenvalue weighted by atomic mass is 16.5. The monoisotopic (exact) mass is 360 g/mol. The van der Waals surface area contributed by atoms with Crippen molar-refractivity contribution in [3.63, 3.8) is 0 Å². The molecule has 0 saturated heterocycles. The average molecular weight is 360 g/mol. The minimum atomic E-state index is -0.699. The third-order valence-corrected chi connectivity index (χ3v) is 4.15. The zero-order valence-corrected chi connectivity index (χ0v) is 15.9. The number of ketones is 1. The molecule has 0 unspecified atom stereocenters. The predicted octanol–water partition coefficient (Wildman–Crippen LogP) is 5.51. The average Bonchev–Trinajstić information content (AvgIpc) is 2.96. The Balaban J connectivity index is 2.01. The van der Waals surface area contributed by atoms with Crippen molar-refractivity contribution in [3.05, 3.63) is 47.8 Å². The Hall–Kier alpha value is -2.10. The van der Waals surface area contributed by atoms with Crippen LogP contribution in [-0.2, 0) is 14.3 Å².